The summed E-state index contributed by atoms with van der Waals surface area (Å²) in [5, 5.41) is 2.81. The Bertz CT molecular complexity index is 508. The third-order valence-corrected chi connectivity index (χ3v) is 1.69. The molecule has 2 N–H and O–H groups in total. The lowest BCUT2D eigenvalue weighted by molar-refractivity contribution is -0.146. The van der Waals surface area contributed by atoms with E-state index in [-0.39, 0.29) is 11.5 Å². The Morgan fingerprint density at radius 2 is 2.00 bits per heavy atom. The summed E-state index contributed by atoms with van der Waals surface area (Å²) in [4.78, 5) is 6.89. The molecule has 84 valence electrons. The number of hydrogen-bond acceptors (Lipinski definition) is 5. The van der Waals surface area contributed by atoms with Crippen LogP contribution in [0, 0.1) is 0 Å². The van der Waals surface area contributed by atoms with E-state index in [0.717, 1.165) is 0 Å². The minimum absolute atomic E-state index is 0.239. The molecule has 16 heavy (non-hydrogen) atoms. The fourth-order valence-corrected chi connectivity index (χ4v) is 1.03. The van der Waals surface area contributed by atoms with Crippen LogP contribution in [0.3, 0.4) is 0 Å². The highest BCUT2D eigenvalue weighted by atomic mass is 19.4. The molecule has 2 aromatic rings. The van der Waals surface area contributed by atoms with Gasteiger partial charge in [0.05, 0.1) is 11.3 Å². The van der Waals surface area contributed by atoms with Gasteiger partial charge in [0.15, 0.2) is 0 Å². The summed E-state index contributed by atoms with van der Waals surface area (Å²) in [5.74, 6) is -1.60. The number of halogens is 3. The molecule has 2 rings (SSSR count). The Kier molecular flexibility index (Phi) is 2.26. The normalized spacial score (nSPS) is 11.7. The first kappa shape index (κ1) is 10.4. The minimum Gasteiger partial charge on any atom is -0.397 e. The number of anilines is 1. The summed E-state index contributed by atoms with van der Waals surface area (Å²) in [6, 6.07) is 1.39. The molecule has 0 saturated heterocycles. The van der Waals surface area contributed by atoms with Gasteiger partial charge >= 0.3 is 6.18 Å². The summed E-state index contributed by atoms with van der Waals surface area (Å²) in [6.07, 6.45) is -2.00. The maximum Gasteiger partial charge on any atom is 0.455 e. The van der Waals surface area contributed by atoms with Gasteiger partial charge in [-0.05, 0) is 6.07 Å². The molecule has 0 atom stereocenters. The Balaban J connectivity index is 2.39. The van der Waals surface area contributed by atoms with Crippen molar-refractivity contribution in [1.29, 1.82) is 0 Å². The second kappa shape index (κ2) is 3.47. The molecule has 0 saturated carbocycles. The molecule has 0 bridgehead atoms. The van der Waals surface area contributed by atoms with Gasteiger partial charge in [-0.3, -0.25) is 4.98 Å². The van der Waals surface area contributed by atoms with E-state index in [4.69, 9.17) is 5.73 Å². The molecular weight excluding hydrogens is 225 g/mol. The molecule has 0 spiro atoms. The van der Waals surface area contributed by atoms with Gasteiger partial charge in [0.2, 0.25) is 0 Å². The number of alkyl halides is 3. The molecule has 0 amide bonds. The predicted molar refractivity (Wildman–Crippen MR) is 46.9 cm³/mol. The standard InChI is InChI=1S/C8H5F3N4O/c9-8(10,11)7-14-6(16-15-7)4-1-5(12)3-13-2-4/h1-3H,12H2. The number of nitrogens with zero attached hydrogens (tertiary/aromatic N) is 3. The first-order chi connectivity index (χ1) is 7.47. The van der Waals surface area contributed by atoms with E-state index in [1.165, 1.54) is 18.5 Å². The van der Waals surface area contributed by atoms with Crippen molar-refractivity contribution in [2.24, 2.45) is 0 Å². The van der Waals surface area contributed by atoms with Crippen molar-refractivity contribution >= 4 is 5.69 Å². The third-order valence-electron chi connectivity index (χ3n) is 1.69. The number of nitrogen functional groups attached to an aromatic ring is 1. The van der Waals surface area contributed by atoms with E-state index in [1.807, 2.05) is 0 Å². The van der Waals surface area contributed by atoms with Crippen molar-refractivity contribution in [2.75, 3.05) is 5.73 Å². The van der Waals surface area contributed by atoms with E-state index in [9.17, 15) is 13.2 Å². The van der Waals surface area contributed by atoms with Gasteiger partial charge in [0.1, 0.15) is 0 Å². The lowest BCUT2D eigenvalue weighted by atomic mass is 10.2. The number of rotatable bonds is 1. The van der Waals surface area contributed by atoms with Crippen LogP contribution in [0.15, 0.2) is 23.0 Å². The molecule has 5 nitrogen and oxygen atoms in total. The summed E-state index contributed by atoms with van der Waals surface area (Å²) >= 11 is 0. The van der Waals surface area contributed by atoms with Crippen molar-refractivity contribution in [2.45, 2.75) is 6.18 Å². The van der Waals surface area contributed by atoms with E-state index >= 15 is 0 Å². The van der Waals surface area contributed by atoms with Gasteiger partial charge in [-0.25, -0.2) is 0 Å². The smallest absolute Gasteiger partial charge is 0.397 e. The van der Waals surface area contributed by atoms with Crippen LogP contribution in [-0.2, 0) is 6.18 Å². The van der Waals surface area contributed by atoms with E-state index in [2.05, 4.69) is 19.6 Å². The topological polar surface area (TPSA) is 77.8 Å². The van der Waals surface area contributed by atoms with Gasteiger partial charge in [-0.2, -0.15) is 18.2 Å². The van der Waals surface area contributed by atoms with Crippen molar-refractivity contribution in [3.05, 3.63) is 24.3 Å². The van der Waals surface area contributed by atoms with Crippen LogP contribution < -0.4 is 5.73 Å². The van der Waals surface area contributed by atoms with Crippen LogP contribution in [0.2, 0.25) is 0 Å². The van der Waals surface area contributed by atoms with Crippen LogP contribution in [0.4, 0.5) is 18.9 Å². The lowest BCUT2D eigenvalue weighted by Gasteiger charge is -1.96. The zero-order valence-electron chi connectivity index (χ0n) is 7.69. The number of hydrogen-bond donors (Lipinski definition) is 1. The molecule has 0 aliphatic heterocycles. The molecule has 0 aromatic carbocycles. The van der Waals surface area contributed by atoms with Gasteiger partial charge in [-0.15, -0.1) is 0 Å². The molecule has 0 aliphatic carbocycles. The van der Waals surface area contributed by atoms with Gasteiger partial charge in [0, 0.05) is 12.4 Å². The van der Waals surface area contributed by atoms with E-state index in [0.29, 0.717) is 5.69 Å². The SMILES string of the molecule is Nc1cncc(-c2nc(C(F)(F)F)no2)c1. The molecule has 2 aromatic heterocycles. The highest BCUT2D eigenvalue weighted by molar-refractivity contribution is 5.57. The summed E-state index contributed by atoms with van der Waals surface area (Å²) in [5.41, 5.74) is 5.95. The Hall–Kier alpha value is -2.12. The van der Waals surface area contributed by atoms with Crippen LogP contribution >= 0.6 is 0 Å². The minimum atomic E-state index is -4.63. The fraction of sp³-hybridized carbons (Fsp3) is 0.125. The third kappa shape index (κ3) is 1.95. The Labute approximate surface area is 87.1 Å². The maximum atomic E-state index is 12.2. The fourth-order valence-electron chi connectivity index (χ4n) is 1.03. The zero-order chi connectivity index (χ0) is 11.8. The molecule has 2 heterocycles. The van der Waals surface area contributed by atoms with Crippen molar-refractivity contribution < 1.29 is 17.7 Å². The van der Waals surface area contributed by atoms with Crippen LogP contribution in [0.5, 0.6) is 0 Å². The molecule has 0 radical (unpaired) electrons. The first-order valence-electron chi connectivity index (χ1n) is 4.08. The Morgan fingerprint density at radius 1 is 1.25 bits per heavy atom. The van der Waals surface area contributed by atoms with E-state index in [1.54, 1.807) is 0 Å². The van der Waals surface area contributed by atoms with Crippen LogP contribution in [0.25, 0.3) is 11.5 Å². The summed E-state index contributed by atoms with van der Waals surface area (Å²) in [6.45, 7) is 0. The van der Waals surface area contributed by atoms with Gasteiger partial charge in [-0.1, -0.05) is 5.16 Å². The average Bonchev–Trinajstić information content (AvgIpc) is 2.65. The van der Waals surface area contributed by atoms with Crippen molar-refractivity contribution in [3.8, 4) is 11.5 Å². The average molecular weight is 230 g/mol. The monoisotopic (exact) mass is 230 g/mol. The quantitative estimate of drug-likeness (QED) is 0.807. The van der Waals surface area contributed by atoms with Gasteiger partial charge in [0.25, 0.3) is 11.7 Å². The number of pyridine rings is 1. The van der Waals surface area contributed by atoms with Crippen LogP contribution in [0.1, 0.15) is 5.82 Å². The highest BCUT2D eigenvalue weighted by Crippen LogP contribution is 2.28. The zero-order valence-corrected chi connectivity index (χ0v) is 7.69. The summed E-state index contributed by atoms with van der Waals surface area (Å²) in [7, 11) is 0. The Morgan fingerprint density at radius 3 is 2.56 bits per heavy atom. The van der Waals surface area contributed by atoms with Crippen molar-refractivity contribution in [3.63, 3.8) is 0 Å². The largest absolute Gasteiger partial charge is 0.455 e. The highest BCUT2D eigenvalue weighted by Gasteiger charge is 2.37. The first-order valence-corrected chi connectivity index (χ1v) is 4.08. The molecule has 0 fully saturated rings. The second-order valence-electron chi connectivity index (χ2n) is 2.93. The van der Waals surface area contributed by atoms with Gasteiger partial charge < -0.3 is 10.3 Å². The number of nitrogens with two attached hydrogens (primary N) is 1. The maximum absolute atomic E-state index is 12.2. The molecular formula is C8H5F3N4O. The lowest BCUT2D eigenvalue weighted by Crippen LogP contribution is -2.07. The number of aromatic nitrogens is 3. The van der Waals surface area contributed by atoms with Crippen molar-refractivity contribution in [1.82, 2.24) is 15.1 Å². The molecule has 0 unspecified atom stereocenters. The predicted octanol–water partition coefficient (Wildman–Crippen LogP) is 1.73. The van der Waals surface area contributed by atoms with E-state index < -0.39 is 12.0 Å². The molecule has 8 heteroatoms. The second-order valence-corrected chi connectivity index (χ2v) is 2.93. The molecule has 0 aliphatic rings. The van der Waals surface area contributed by atoms with Crippen LogP contribution in [-0.4, -0.2) is 15.1 Å². The summed E-state index contributed by atoms with van der Waals surface area (Å²) < 4.78 is 41.0.